The number of hydrogen-bond acceptors (Lipinski definition) is 5. The predicted octanol–water partition coefficient (Wildman–Crippen LogP) is 0.284. The molecule has 6 nitrogen and oxygen atoms in total. The van der Waals surface area contributed by atoms with Gasteiger partial charge in [-0.15, -0.1) is 0 Å². The molecular weight excluding hydrogens is 264 g/mol. The van der Waals surface area contributed by atoms with Crippen LogP contribution in [0.5, 0.6) is 0 Å². The van der Waals surface area contributed by atoms with Gasteiger partial charge in [-0.1, -0.05) is 0 Å². The molecule has 2 heterocycles. The van der Waals surface area contributed by atoms with Crippen LogP contribution in [-0.2, 0) is 10.0 Å². The lowest BCUT2D eigenvalue weighted by Gasteiger charge is -2.29. The number of nitrogen functional groups attached to an aromatic ring is 1. The molecule has 1 aliphatic rings. The van der Waals surface area contributed by atoms with Gasteiger partial charge in [-0.05, 0) is 44.5 Å². The van der Waals surface area contributed by atoms with Crippen LogP contribution in [0.3, 0.4) is 0 Å². The van der Waals surface area contributed by atoms with Gasteiger partial charge < -0.3 is 10.6 Å². The molecule has 0 spiro atoms. The fourth-order valence-corrected chi connectivity index (χ4v) is 3.57. The van der Waals surface area contributed by atoms with Crippen molar-refractivity contribution in [3.8, 4) is 0 Å². The third kappa shape index (κ3) is 3.65. The lowest BCUT2D eigenvalue weighted by molar-refractivity contribution is 0.211. The summed E-state index contributed by atoms with van der Waals surface area (Å²) in [5, 5.41) is 0. The Bertz CT molecular complexity index is 532. The van der Waals surface area contributed by atoms with Crippen molar-refractivity contribution in [3.63, 3.8) is 0 Å². The lowest BCUT2D eigenvalue weighted by atomic mass is 9.99. The molecule has 1 atom stereocenters. The van der Waals surface area contributed by atoms with Crippen molar-refractivity contribution in [3.05, 3.63) is 18.3 Å². The summed E-state index contributed by atoms with van der Waals surface area (Å²) in [6, 6.07) is 3.04. The Balaban J connectivity index is 2.00. The SMILES string of the molecule is CN1CCCC(CNS(=O)(=O)c2cccnc2N)C1. The third-order valence-electron chi connectivity index (χ3n) is 3.37. The fraction of sp³-hybridized carbons (Fsp3) is 0.583. The Morgan fingerprint density at radius 1 is 1.58 bits per heavy atom. The van der Waals surface area contributed by atoms with Gasteiger partial charge in [0, 0.05) is 19.3 Å². The Labute approximate surface area is 114 Å². The molecule has 2 rings (SSSR count). The highest BCUT2D eigenvalue weighted by Gasteiger charge is 2.22. The van der Waals surface area contributed by atoms with E-state index in [1.165, 1.54) is 12.3 Å². The maximum atomic E-state index is 12.1. The van der Waals surface area contributed by atoms with Gasteiger partial charge in [-0.25, -0.2) is 18.1 Å². The lowest BCUT2D eigenvalue weighted by Crippen LogP contribution is -2.39. The number of nitrogens with one attached hydrogen (secondary N) is 1. The zero-order valence-electron chi connectivity index (χ0n) is 11.0. The first kappa shape index (κ1) is 14.2. The number of likely N-dealkylation sites (tertiary alicyclic amines) is 1. The number of nitrogens with two attached hydrogens (primary N) is 1. The second-order valence-electron chi connectivity index (χ2n) is 5.01. The number of hydrogen-bond donors (Lipinski definition) is 2. The molecule has 0 saturated carbocycles. The number of sulfonamides is 1. The summed E-state index contributed by atoms with van der Waals surface area (Å²) in [4.78, 5) is 6.08. The van der Waals surface area contributed by atoms with Crippen LogP contribution in [0.25, 0.3) is 0 Å². The van der Waals surface area contributed by atoms with Crippen molar-refractivity contribution in [2.75, 3.05) is 32.4 Å². The van der Waals surface area contributed by atoms with Crippen LogP contribution in [-0.4, -0.2) is 45.0 Å². The molecule has 1 unspecified atom stereocenters. The topological polar surface area (TPSA) is 88.3 Å². The number of aromatic nitrogens is 1. The Kier molecular flexibility index (Phi) is 4.38. The molecule has 0 aliphatic carbocycles. The van der Waals surface area contributed by atoms with E-state index in [9.17, 15) is 8.42 Å². The Morgan fingerprint density at radius 3 is 3.05 bits per heavy atom. The van der Waals surface area contributed by atoms with Crippen LogP contribution in [0.4, 0.5) is 5.82 Å². The minimum Gasteiger partial charge on any atom is -0.383 e. The minimum atomic E-state index is -3.56. The van der Waals surface area contributed by atoms with Gasteiger partial charge in [0.1, 0.15) is 10.7 Å². The number of pyridine rings is 1. The average molecular weight is 284 g/mol. The second kappa shape index (κ2) is 5.85. The Morgan fingerprint density at radius 2 is 2.37 bits per heavy atom. The highest BCUT2D eigenvalue weighted by atomic mass is 32.2. The maximum Gasteiger partial charge on any atom is 0.244 e. The number of nitrogens with zero attached hydrogens (tertiary/aromatic N) is 2. The van der Waals surface area contributed by atoms with Gasteiger partial charge in [0.05, 0.1) is 0 Å². The van der Waals surface area contributed by atoms with Crippen LogP contribution >= 0.6 is 0 Å². The summed E-state index contributed by atoms with van der Waals surface area (Å²) in [5.74, 6) is 0.391. The summed E-state index contributed by atoms with van der Waals surface area (Å²) in [5.41, 5.74) is 5.60. The summed E-state index contributed by atoms with van der Waals surface area (Å²) in [6.45, 7) is 2.45. The quantitative estimate of drug-likeness (QED) is 0.829. The standard InChI is InChI=1S/C12H20N4O2S/c1-16-7-3-4-10(9-16)8-15-19(17,18)11-5-2-6-14-12(11)13/h2,5-6,10,15H,3-4,7-9H2,1H3,(H2,13,14). The molecule has 1 aromatic rings. The van der Waals surface area contributed by atoms with E-state index in [1.54, 1.807) is 6.07 Å². The zero-order chi connectivity index (χ0) is 13.9. The van der Waals surface area contributed by atoms with Gasteiger partial charge >= 0.3 is 0 Å². The van der Waals surface area contributed by atoms with Crippen molar-refractivity contribution in [2.24, 2.45) is 5.92 Å². The second-order valence-corrected chi connectivity index (χ2v) is 6.74. The van der Waals surface area contributed by atoms with E-state index in [2.05, 4.69) is 21.7 Å². The van der Waals surface area contributed by atoms with E-state index >= 15 is 0 Å². The van der Waals surface area contributed by atoms with Gasteiger partial charge in [0.2, 0.25) is 10.0 Å². The van der Waals surface area contributed by atoms with Crippen molar-refractivity contribution in [1.29, 1.82) is 0 Å². The van der Waals surface area contributed by atoms with E-state index in [0.29, 0.717) is 12.5 Å². The molecular formula is C12H20N4O2S. The highest BCUT2D eigenvalue weighted by Crippen LogP contribution is 2.17. The van der Waals surface area contributed by atoms with Gasteiger partial charge in [0.25, 0.3) is 0 Å². The van der Waals surface area contributed by atoms with Crippen molar-refractivity contribution in [2.45, 2.75) is 17.7 Å². The Hall–Kier alpha value is -1.18. The van der Waals surface area contributed by atoms with Crippen molar-refractivity contribution >= 4 is 15.8 Å². The van der Waals surface area contributed by atoms with Gasteiger partial charge in [-0.3, -0.25) is 0 Å². The first-order valence-corrected chi connectivity index (χ1v) is 7.86. The smallest absolute Gasteiger partial charge is 0.244 e. The van der Waals surface area contributed by atoms with Gasteiger partial charge in [0.15, 0.2) is 0 Å². The molecule has 3 N–H and O–H groups in total. The van der Waals surface area contributed by atoms with E-state index < -0.39 is 10.0 Å². The van der Waals surface area contributed by atoms with E-state index in [4.69, 9.17) is 5.73 Å². The summed E-state index contributed by atoms with van der Waals surface area (Å²) < 4.78 is 26.9. The first-order valence-electron chi connectivity index (χ1n) is 6.38. The van der Waals surface area contributed by atoms with Crippen LogP contribution in [0.2, 0.25) is 0 Å². The van der Waals surface area contributed by atoms with Crippen LogP contribution < -0.4 is 10.5 Å². The third-order valence-corrected chi connectivity index (χ3v) is 4.84. The molecule has 0 aromatic carbocycles. The molecule has 7 heteroatoms. The normalized spacial score (nSPS) is 21.4. The average Bonchev–Trinajstić information content (AvgIpc) is 2.37. The molecule has 1 saturated heterocycles. The molecule has 1 aliphatic heterocycles. The molecule has 0 radical (unpaired) electrons. The molecule has 1 aromatic heterocycles. The van der Waals surface area contributed by atoms with Crippen molar-refractivity contribution in [1.82, 2.24) is 14.6 Å². The van der Waals surface area contributed by atoms with Crippen LogP contribution in [0.1, 0.15) is 12.8 Å². The number of anilines is 1. The minimum absolute atomic E-state index is 0.0377. The monoisotopic (exact) mass is 284 g/mol. The molecule has 0 bridgehead atoms. The van der Waals surface area contributed by atoms with Crippen LogP contribution in [0, 0.1) is 5.92 Å². The van der Waals surface area contributed by atoms with Crippen molar-refractivity contribution < 1.29 is 8.42 Å². The van der Waals surface area contributed by atoms with E-state index in [1.807, 2.05) is 0 Å². The fourth-order valence-electron chi connectivity index (χ4n) is 2.38. The first-order chi connectivity index (χ1) is 8.99. The molecule has 106 valence electrons. The summed E-state index contributed by atoms with van der Waals surface area (Å²) >= 11 is 0. The number of rotatable bonds is 4. The summed E-state index contributed by atoms with van der Waals surface area (Å²) in [6.07, 6.45) is 3.64. The molecule has 19 heavy (non-hydrogen) atoms. The maximum absolute atomic E-state index is 12.1. The molecule has 1 fully saturated rings. The van der Waals surface area contributed by atoms with E-state index in [-0.39, 0.29) is 10.7 Å². The predicted molar refractivity (Wildman–Crippen MR) is 74.1 cm³/mol. The van der Waals surface area contributed by atoms with E-state index in [0.717, 1.165) is 25.9 Å². The zero-order valence-corrected chi connectivity index (χ0v) is 11.9. The summed E-state index contributed by atoms with van der Waals surface area (Å²) in [7, 11) is -1.51. The highest BCUT2D eigenvalue weighted by molar-refractivity contribution is 7.89. The molecule has 0 amide bonds. The van der Waals surface area contributed by atoms with Crippen LogP contribution in [0.15, 0.2) is 23.2 Å². The van der Waals surface area contributed by atoms with Gasteiger partial charge in [-0.2, -0.15) is 0 Å². The largest absolute Gasteiger partial charge is 0.383 e. The number of piperidine rings is 1.